The molecule has 1 amide bonds. The van der Waals surface area contributed by atoms with Crippen molar-refractivity contribution in [2.75, 3.05) is 11.4 Å². The molecule has 1 aliphatic heterocycles. The minimum absolute atomic E-state index is 0.131. The van der Waals surface area contributed by atoms with Gasteiger partial charge in [0, 0.05) is 24.8 Å². The molecule has 3 rings (SSSR count). The number of carbonyl (C=O) groups is 1. The number of carbonyl (C=O) groups excluding carboxylic acids is 1. The van der Waals surface area contributed by atoms with Crippen molar-refractivity contribution in [1.82, 2.24) is 4.98 Å². The number of nitrogens with zero attached hydrogens (tertiary/aromatic N) is 2. The highest BCUT2D eigenvalue weighted by molar-refractivity contribution is 6.32. The lowest BCUT2D eigenvalue weighted by atomic mass is 10.00. The quantitative estimate of drug-likeness (QED) is 0.608. The van der Waals surface area contributed by atoms with Gasteiger partial charge in [-0.1, -0.05) is 37.1 Å². The predicted octanol–water partition coefficient (Wildman–Crippen LogP) is 5.59. The van der Waals surface area contributed by atoms with Crippen LogP contribution in [0.2, 0.25) is 5.02 Å². The average molecular weight is 387 g/mol. The maximum Gasteiger partial charge on any atom is 0.227 e. The van der Waals surface area contributed by atoms with Gasteiger partial charge in [-0.15, -0.1) is 6.58 Å². The van der Waals surface area contributed by atoms with E-state index in [4.69, 9.17) is 16.3 Å². The van der Waals surface area contributed by atoms with Gasteiger partial charge in [0.05, 0.1) is 10.7 Å². The normalized spacial score (nSPS) is 12.7. The Kier molecular flexibility index (Phi) is 7.86. The van der Waals surface area contributed by atoms with Gasteiger partial charge in [-0.05, 0) is 49.6 Å². The molecule has 0 saturated heterocycles. The molecule has 0 saturated carbocycles. The first kappa shape index (κ1) is 21.0. The molecule has 144 valence electrons. The highest BCUT2D eigenvalue weighted by Gasteiger charge is 2.25. The largest absolute Gasteiger partial charge is 0.486 e. The zero-order valence-electron chi connectivity index (χ0n) is 16.3. The molecule has 0 N–H and O–H groups in total. The highest BCUT2D eigenvalue weighted by Crippen LogP contribution is 2.37. The Morgan fingerprint density at radius 2 is 2.07 bits per heavy atom. The second-order valence-corrected chi connectivity index (χ2v) is 6.68. The van der Waals surface area contributed by atoms with Crippen molar-refractivity contribution in [2.45, 2.75) is 46.6 Å². The monoisotopic (exact) mass is 386 g/mol. The lowest BCUT2D eigenvalue weighted by Gasteiger charge is -2.30. The van der Waals surface area contributed by atoms with Crippen molar-refractivity contribution >= 4 is 23.2 Å². The third-order valence-corrected chi connectivity index (χ3v) is 4.49. The molecule has 0 aliphatic carbocycles. The molecule has 0 atom stereocenters. The molecule has 0 radical (unpaired) electrons. The summed E-state index contributed by atoms with van der Waals surface area (Å²) < 4.78 is 5.84. The summed E-state index contributed by atoms with van der Waals surface area (Å²) in [6.07, 6.45) is 3.72. The Balaban J connectivity index is 0.00000126. The van der Waals surface area contributed by atoms with E-state index in [1.54, 1.807) is 6.20 Å². The summed E-state index contributed by atoms with van der Waals surface area (Å²) in [6.45, 7) is 10.9. The molecule has 0 unspecified atom stereocenters. The molecule has 27 heavy (non-hydrogen) atoms. The molecule has 1 aromatic carbocycles. The van der Waals surface area contributed by atoms with Crippen molar-refractivity contribution in [1.29, 1.82) is 0 Å². The van der Waals surface area contributed by atoms with Crippen LogP contribution in [0.5, 0.6) is 5.75 Å². The first-order chi connectivity index (χ1) is 13.0. The number of aromatic nitrogens is 1. The molecule has 0 bridgehead atoms. The summed E-state index contributed by atoms with van der Waals surface area (Å²) in [5.74, 6) is 0.757. The van der Waals surface area contributed by atoms with Gasteiger partial charge in [0.1, 0.15) is 12.4 Å². The van der Waals surface area contributed by atoms with Crippen LogP contribution < -0.4 is 9.64 Å². The Bertz CT molecular complexity index is 790. The summed E-state index contributed by atoms with van der Waals surface area (Å²) in [5.41, 5.74) is 3.87. The van der Waals surface area contributed by atoms with Crippen LogP contribution in [0.4, 0.5) is 5.69 Å². The van der Waals surface area contributed by atoms with E-state index in [1.807, 2.05) is 56.0 Å². The van der Waals surface area contributed by atoms with Crippen LogP contribution in [0, 0.1) is 0 Å². The van der Waals surface area contributed by atoms with Crippen molar-refractivity contribution in [3.8, 4) is 5.75 Å². The van der Waals surface area contributed by atoms with E-state index in [0.29, 0.717) is 36.8 Å². The van der Waals surface area contributed by atoms with E-state index in [2.05, 4.69) is 11.6 Å². The van der Waals surface area contributed by atoms with Crippen LogP contribution in [0.15, 0.2) is 48.7 Å². The van der Waals surface area contributed by atoms with Crippen LogP contribution in [0.3, 0.4) is 0 Å². The number of anilines is 1. The second-order valence-electron chi connectivity index (χ2n) is 6.27. The van der Waals surface area contributed by atoms with Crippen molar-refractivity contribution in [3.05, 3.63) is 65.0 Å². The summed E-state index contributed by atoms with van der Waals surface area (Å²) in [7, 11) is 0. The van der Waals surface area contributed by atoms with Crippen LogP contribution >= 0.6 is 11.6 Å². The van der Waals surface area contributed by atoms with Gasteiger partial charge in [0.25, 0.3) is 0 Å². The number of pyridine rings is 1. The second kappa shape index (κ2) is 10.1. The van der Waals surface area contributed by atoms with Gasteiger partial charge in [-0.25, -0.2) is 0 Å². The molecule has 1 aliphatic rings. The van der Waals surface area contributed by atoms with Gasteiger partial charge >= 0.3 is 0 Å². The van der Waals surface area contributed by atoms with E-state index in [1.165, 1.54) is 0 Å². The van der Waals surface area contributed by atoms with E-state index in [-0.39, 0.29) is 5.91 Å². The molecule has 1 aromatic heterocycles. The summed E-state index contributed by atoms with van der Waals surface area (Å²) in [5, 5.41) is 0.504. The Hall–Kier alpha value is -2.33. The third-order valence-electron chi connectivity index (χ3n) is 4.20. The molecule has 5 heteroatoms. The minimum atomic E-state index is 0.131. The molecular weight excluding hydrogens is 360 g/mol. The number of benzene rings is 1. The van der Waals surface area contributed by atoms with Crippen LogP contribution in [-0.2, 0) is 17.8 Å². The van der Waals surface area contributed by atoms with Crippen LogP contribution in [-0.4, -0.2) is 17.4 Å². The number of hydrogen-bond donors (Lipinski definition) is 0. The highest BCUT2D eigenvalue weighted by atomic mass is 35.5. The number of hydrogen-bond acceptors (Lipinski definition) is 3. The summed E-state index contributed by atoms with van der Waals surface area (Å²) in [6, 6.07) is 9.47. The zero-order valence-corrected chi connectivity index (χ0v) is 17.1. The molecule has 2 aromatic rings. The van der Waals surface area contributed by atoms with Crippen LogP contribution in [0.1, 0.15) is 44.9 Å². The zero-order chi connectivity index (χ0) is 19.8. The van der Waals surface area contributed by atoms with E-state index < -0.39 is 0 Å². The Labute approximate surface area is 166 Å². The standard InChI is InChI=1S/C20H21ClN2O2.C2H6/c1-14(2)8-10-23-18-12-17(21)19(11-15(18)6-7-20(23)24)25-13-16-5-3-4-9-22-16;1-2/h3-5,9,11-12H,1,6-8,10,13H2,2H3;1-2H3. The smallest absolute Gasteiger partial charge is 0.227 e. The minimum Gasteiger partial charge on any atom is -0.486 e. The molecule has 0 fully saturated rings. The van der Waals surface area contributed by atoms with Gasteiger partial charge in [0.2, 0.25) is 5.91 Å². The Morgan fingerprint density at radius 3 is 2.74 bits per heavy atom. The van der Waals surface area contributed by atoms with Crippen molar-refractivity contribution in [3.63, 3.8) is 0 Å². The molecule has 2 heterocycles. The number of amides is 1. The molecular formula is C22H27ClN2O2. The topological polar surface area (TPSA) is 42.4 Å². The van der Waals surface area contributed by atoms with Gasteiger partial charge in [-0.3, -0.25) is 9.78 Å². The maximum absolute atomic E-state index is 12.3. The van der Waals surface area contributed by atoms with Crippen molar-refractivity contribution < 1.29 is 9.53 Å². The number of halogens is 1. The maximum atomic E-state index is 12.3. The first-order valence-electron chi connectivity index (χ1n) is 9.34. The van der Waals surface area contributed by atoms with Crippen molar-refractivity contribution in [2.24, 2.45) is 0 Å². The third kappa shape index (κ3) is 5.57. The van der Waals surface area contributed by atoms with Gasteiger partial charge in [-0.2, -0.15) is 0 Å². The fourth-order valence-electron chi connectivity index (χ4n) is 2.84. The number of ether oxygens (including phenoxy) is 1. The van der Waals surface area contributed by atoms with Gasteiger partial charge < -0.3 is 9.64 Å². The average Bonchev–Trinajstić information content (AvgIpc) is 2.68. The van der Waals surface area contributed by atoms with Gasteiger partial charge in [0.15, 0.2) is 0 Å². The number of fused-ring (bicyclic) bond motifs is 1. The molecule has 4 nitrogen and oxygen atoms in total. The lowest BCUT2D eigenvalue weighted by molar-refractivity contribution is -0.118. The Morgan fingerprint density at radius 1 is 1.30 bits per heavy atom. The first-order valence-corrected chi connectivity index (χ1v) is 9.72. The predicted molar refractivity (Wildman–Crippen MR) is 111 cm³/mol. The fraction of sp³-hybridized carbons (Fsp3) is 0.364. The molecule has 0 spiro atoms. The number of aryl methyl sites for hydroxylation is 1. The lowest BCUT2D eigenvalue weighted by Crippen LogP contribution is -2.36. The summed E-state index contributed by atoms with van der Waals surface area (Å²) >= 11 is 6.40. The van der Waals surface area contributed by atoms with E-state index in [0.717, 1.165) is 28.9 Å². The summed E-state index contributed by atoms with van der Waals surface area (Å²) in [4.78, 5) is 18.3. The van der Waals surface area contributed by atoms with E-state index >= 15 is 0 Å². The van der Waals surface area contributed by atoms with E-state index in [9.17, 15) is 4.79 Å². The SMILES string of the molecule is C=C(C)CCN1C(=O)CCc2cc(OCc3ccccn3)c(Cl)cc21.CC. The van der Waals surface area contributed by atoms with Crippen LogP contribution in [0.25, 0.3) is 0 Å². The number of rotatable bonds is 6. The fourth-order valence-corrected chi connectivity index (χ4v) is 3.05.